The quantitative estimate of drug-likeness (QED) is 0.711. The fraction of sp³-hybridized carbons (Fsp3) is 1.00. The monoisotopic (exact) mass is 254 g/mol. The van der Waals surface area contributed by atoms with Crippen LogP contribution in [0, 0.1) is 5.92 Å². The highest BCUT2D eigenvalue weighted by Gasteiger charge is 2.24. The highest BCUT2D eigenvalue weighted by molar-refractivity contribution is 4.79. The van der Waals surface area contributed by atoms with E-state index in [0.29, 0.717) is 6.04 Å². The van der Waals surface area contributed by atoms with E-state index < -0.39 is 0 Å². The molecular formula is C16H34N2. The lowest BCUT2D eigenvalue weighted by molar-refractivity contribution is 0.103. The summed E-state index contributed by atoms with van der Waals surface area (Å²) < 4.78 is 0. The van der Waals surface area contributed by atoms with Crippen molar-refractivity contribution in [2.45, 2.75) is 78.3 Å². The lowest BCUT2D eigenvalue weighted by Gasteiger charge is -2.38. The van der Waals surface area contributed by atoms with E-state index in [-0.39, 0.29) is 0 Å². The number of piperidine rings is 1. The Bertz CT molecular complexity index is 191. The molecule has 18 heavy (non-hydrogen) atoms. The summed E-state index contributed by atoms with van der Waals surface area (Å²) in [6.45, 7) is 13.2. The lowest BCUT2D eigenvalue weighted by Crippen LogP contribution is -2.45. The molecule has 0 aromatic carbocycles. The molecule has 1 fully saturated rings. The third-order valence-electron chi connectivity index (χ3n) is 4.30. The van der Waals surface area contributed by atoms with Gasteiger partial charge in [0.25, 0.3) is 0 Å². The van der Waals surface area contributed by atoms with Gasteiger partial charge in [0.1, 0.15) is 0 Å². The van der Waals surface area contributed by atoms with E-state index in [1.54, 1.807) is 0 Å². The molecule has 1 aliphatic heterocycles. The second kappa shape index (κ2) is 8.92. The average molecular weight is 254 g/mol. The molecule has 0 aromatic rings. The summed E-state index contributed by atoms with van der Waals surface area (Å²) >= 11 is 0. The topological polar surface area (TPSA) is 15.3 Å². The van der Waals surface area contributed by atoms with Crippen molar-refractivity contribution in [2.24, 2.45) is 5.92 Å². The van der Waals surface area contributed by atoms with Crippen LogP contribution in [0.2, 0.25) is 0 Å². The number of nitrogens with one attached hydrogen (secondary N) is 1. The van der Waals surface area contributed by atoms with Gasteiger partial charge >= 0.3 is 0 Å². The molecule has 2 nitrogen and oxygen atoms in total. The molecule has 1 aliphatic rings. The minimum atomic E-state index is 0.697. The first-order chi connectivity index (χ1) is 8.69. The van der Waals surface area contributed by atoms with Crippen molar-refractivity contribution in [3.63, 3.8) is 0 Å². The molecule has 2 heteroatoms. The predicted molar refractivity (Wildman–Crippen MR) is 81.0 cm³/mol. The van der Waals surface area contributed by atoms with E-state index in [1.807, 2.05) is 0 Å². The van der Waals surface area contributed by atoms with Crippen LogP contribution in [0.25, 0.3) is 0 Å². The summed E-state index contributed by atoms with van der Waals surface area (Å²) in [5.74, 6) is 0.921. The Morgan fingerprint density at radius 3 is 2.06 bits per heavy atom. The Balaban J connectivity index is 2.54. The molecule has 1 heterocycles. The molecule has 0 aromatic heterocycles. The van der Waals surface area contributed by atoms with Gasteiger partial charge in [-0.1, -0.05) is 26.7 Å². The Labute approximate surface area is 115 Å². The Morgan fingerprint density at radius 1 is 1.06 bits per heavy atom. The molecule has 1 rings (SSSR count). The van der Waals surface area contributed by atoms with Gasteiger partial charge in [0, 0.05) is 18.6 Å². The van der Waals surface area contributed by atoms with Gasteiger partial charge in [0.15, 0.2) is 0 Å². The average Bonchev–Trinajstić information content (AvgIpc) is 2.37. The summed E-state index contributed by atoms with van der Waals surface area (Å²) in [6.07, 6.45) is 8.12. The van der Waals surface area contributed by atoms with Crippen molar-refractivity contribution in [3.05, 3.63) is 0 Å². The largest absolute Gasteiger partial charge is 0.317 e. The number of nitrogens with zero attached hydrogens (tertiary/aromatic N) is 1. The van der Waals surface area contributed by atoms with Crippen LogP contribution in [0.1, 0.15) is 66.2 Å². The van der Waals surface area contributed by atoms with Gasteiger partial charge in [-0.3, -0.25) is 4.90 Å². The van der Waals surface area contributed by atoms with E-state index in [0.717, 1.165) is 12.0 Å². The highest BCUT2D eigenvalue weighted by atomic mass is 15.2. The zero-order chi connectivity index (χ0) is 13.4. The molecule has 0 spiro atoms. The molecule has 0 aliphatic carbocycles. The maximum absolute atomic E-state index is 3.48. The van der Waals surface area contributed by atoms with Gasteiger partial charge in [0.2, 0.25) is 0 Å². The summed E-state index contributed by atoms with van der Waals surface area (Å²) in [7, 11) is 0. The molecule has 108 valence electrons. The SMILES string of the molecule is CCCC(CCC)N(CC1CCNCC1)C(C)C. The van der Waals surface area contributed by atoms with Gasteiger partial charge in [-0.15, -0.1) is 0 Å². The van der Waals surface area contributed by atoms with E-state index in [4.69, 9.17) is 0 Å². The minimum absolute atomic E-state index is 0.697. The standard InChI is InChI=1S/C16H34N2/c1-5-7-16(8-6-2)18(14(3)4)13-15-9-11-17-12-10-15/h14-17H,5-13H2,1-4H3. The summed E-state index contributed by atoms with van der Waals surface area (Å²) in [5.41, 5.74) is 0. The summed E-state index contributed by atoms with van der Waals surface area (Å²) in [5, 5.41) is 3.48. The fourth-order valence-electron chi connectivity index (χ4n) is 3.29. The number of hydrogen-bond acceptors (Lipinski definition) is 2. The van der Waals surface area contributed by atoms with E-state index in [9.17, 15) is 0 Å². The maximum Gasteiger partial charge on any atom is 0.00978 e. The Morgan fingerprint density at radius 2 is 1.61 bits per heavy atom. The van der Waals surface area contributed by atoms with Crippen molar-refractivity contribution in [1.82, 2.24) is 10.2 Å². The molecule has 0 unspecified atom stereocenters. The zero-order valence-corrected chi connectivity index (χ0v) is 13.0. The normalized spacial score (nSPS) is 18.2. The first-order valence-corrected chi connectivity index (χ1v) is 8.15. The molecule has 0 saturated carbocycles. The zero-order valence-electron chi connectivity index (χ0n) is 13.0. The molecule has 0 amide bonds. The first-order valence-electron chi connectivity index (χ1n) is 8.15. The predicted octanol–water partition coefficient (Wildman–Crippen LogP) is 3.67. The van der Waals surface area contributed by atoms with Crippen LogP contribution in [0.4, 0.5) is 0 Å². The fourth-order valence-corrected chi connectivity index (χ4v) is 3.29. The van der Waals surface area contributed by atoms with E-state index in [2.05, 4.69) is 37.9 Å². The third kappa shape index (κ3) is 5.27. The van der Waals surface area contributed by atoms with Crippen LogP contribution in [-0.2, 0) is 0 Å². The number of rotatable bonds is 8. The Hall–Kier alpha value is -0.0800. The third-order valence-corrected chi connectivity index (χ3v) is 4.30. The van der Waals surface area contributed by atoms with Crippen LogP contribution in [0.5, 0.6) is 0 Å². The van der Waals surface area contributed by atoms with Gasteiger partial charge in [-0.25, -0.2) is 0 Å². The van der Waals surface area contributed by atoms with E-state index >= 15 is 0 Å². The van der Waals surface area contributed by atoms with Crippen LogP contribution in [0.3, 0.4) is 0 Å². The molecule has 1 N–H and O–H groups in total. The Kier molecular flexibility index (Phi) is 7.92. The van der Waals surface area contributed by atoms with Gasteiger partial charge in [0.05, 0.1) is 0 Å². The van der Waals surface area contributed by atoms with Crippen LogP contribution >= 0.6 is 0 Å². The molecular weight excluding hydrogens is 220 g/mol. The van der Waals surface area contributed by atoms with Crippen molar-refractivity contribution in [3.8, 4) is 0 Å². The summed E-state index contributed by atoms with van der Waals surface area (Å²) in [4.78, 5) is 2.79. The second-order valence-corrected chi connectivity index (χ2v) is 6.22. The highest BCUT2D eigenvalue weighted by Crippen LogP contribution is 2.21. The smallest absolute Gasteiger partial charge is 0.00978 e. The van der Waals surface area contributed by atoms with Crippen LogP contribution < -0.4 is 5.32 Å². The van der Waals surface area contributed by atoms with Crippen LogP contribution in [0.15, 0.2) is 0 Å². The molecule has 1 saturated heterocycles. The summed E-state index contributed by atoms with van der Waals surface area (Å²) in [6, 6.07) is 1.51. The van der Waals surface area contributed by atoms with E-state index in [1.165, 1.54) is 58.2 Å². The first kappa shape index (κ1) is 16.0. The molecule has 0 atom stereocenters. The van der Waals surface area contributed by atoms with Gasteiger partial charge in [-0.05, 0) is 58.5 Å². The molecule has 0 bridgehead atoms. The van der Waals surface area contributed by atoms with Crippen molar-refractivity contribution >= 4 is 0 Å². The minimum Gasteiger partial charge on any atom is -0.317 e. The lowest BCUT2D eigenvalue weighted by atomic mass is 9.94. The van der Waals surface area contributed by atoms with Crippen molar-refractivity contribution < 1.29 is 0 Å². The van der Waals surface area contributed by atoms with Gasteiger partial charge in [-0.2, -0.15) is 0 Å². The maximum atomic E-state index is 3.48. The van der Waals surface area contributed by atoms with Gasteiger partial charge < -0.3 is 5.32 Å². The van der Waals surface area contributed by atoms with Crippen molar-refractivity contribution in [2.75, 3.05) is 19.6 Å². The molecule has 0 radical (unpaired) electrons. The number of hydrogen-bond donors (Lipinski definition) is 1. The second-order valence-electron chi connectivity index (χ2n) is 6.22. The van der Waals surface area contributed by atoms with Crippen LogP contribution in [-0.4, -0.2) is 36.6 Å². The van der Waals surface area contributed by atoms with Crippen molar-refractivity contribution in [1.29, 1.82) is 0 Å².